The second kappa shape index (κ2) is 7.37. The van der Waals surface area contributed by atoms with Gasteiger partial charge >= 0.3 is 0 Å². The number of nitrogens with zero attached hydrogens (tertiary/aromatic N) is 5. The topological polar surface area (TPSA) is 56.1 Å². The van der Waals surface area contributed by atoms with Crippen molar-refractivity contribution in [2.45, 2.75) is 33.1 Å². The van der Waals surface area contributed by atoms with Crippen LogP contribution in [-0.2, 0) is 0 Å². The molecule has 5 heteroatoms. The van der Waals surface area contributed by atoms with Gasteiger partial charge < -0.3 is 4.90 Å². The molecule has 0 saturated carbocycles. The lowest BCUT2D eigenvalue weighted by Gasteiger charge is -2.34. The number of nitriles is 1. The fourth-order valence-electron chi connectivity index (χ4n) is 2.58. The molecule has 5 nitrogen and oxygen atoms in total. The number of hydrogen-bond acceptors (Lipinski definition) is 5. The van der Waals surface area contributed by atoms with Crippen LogP contribution in [0.25, 0.3) is 0 Å². The zero-order valence-electron chi connectivity index (χ0n) is 13.1. The van der Waals surface area contributed by atoms with Gasteiger partial charge in [-0.3, -0.25) is 4.90 Å². The van der Waals surface area contributed by atoms with E-state index in [0.29, 0.717) is 0 Å². The molecule has 0 atom stereocenters. The number of aromatic nitrogens is 2. The molecule has 0 aromatic carbocycles. The minimum absolute atomic E-state index is 0.177. The molecule has 0 aliphatic carbocycles. The lowest BCUT2D eigenvalue weighted by atomic mass is 9.89. The van der Waals surface area contributed by atoms with Crippen LogP contribution >= 0.6 is 0 Å². The summed E-state index contributed by atoms with van der Waals surface area (Å²) in [5, 5.41) is 9.00. The van der Waals surface area contributed by atoms with E-state index in [4.69, 9.17) is 5.26 Å². The third-order valence-electron chi connectivity index (χ3n) is 4.04. The second-order valence-corrected chi connectivity index (χ2v) is 6.33. The quantitative estimate of drug-likeness (QED) is 0.752. The van der Waals surface area contributed by atoms with Crippen molar-refractivity contribution < 1.29 is 0 Å². The molecule has 0 bridgehead atoms. The maximum absolute atomic E-state index is 9.00. The summed E-state index contributed by atoms with van der Waals surface area (Å²) in [6.45, 7) is 9.30. The summed E-state index contributed by atoms with van der Waals surface area (Å²) in [4.78, 5) is 13.4. The van der Waals surface area contributed by atoms with Crippen molar-refractivity contribution in [2.75, 3.05) is 37.6 Å². The smallest absolute Gasteiger partial charge is 0.225 e. The van der Waals surface area contributed by atoms with E-state index in [9.17, 15) is 0 Å². The SMILES string of the molecule is CC(C)(C#N)CCCCN1CCN(c2ncccn2)CC1. The van der Waals surface area contributed by atoms with Crippen LogP contribution in [-0.4, -0.2) is 47.6 Å². The Hall–Kier alpha value is -1.67. The summed E-state index contributed by atoms with van der Waals surface area (Å²) in [5.74, 6) is 0.841. The first-order valence-corrected chi connectivity index (χ1v) is 7.76. The molecule has 2 heterocycles. The fraction of sp³-hybridized carbons (Fsp3) is 0.688. The number of piperazine rings is 1. The molecule has 0 spiro atoms. The Morgan fingerprint density at radius 2 is 1.81 bits per heavy atom. The molecule has 0 unspecified atom stereocenters. The number of anilines is 1. The Labute approximate surface area is 127 Å². The molecule has 1 aromatic heterocycles. The van der Waals surface area contributed by atoms with Crippen LogP contribution < -0.4 is 4.90 Å². The number of unbranched alkanes of at least 4 members (excludes halogenated alkanes) is 1. The predicted octanol–water partition coefficient (Wildman–Crippen LogP) is 2.32. The molecule has 21 heavy (non-hydrogen) atoms. The van der Waals surface area contributed by atoms with Gasteiger partial charge in [-0.15, -0.1) is 0 Å². The van der Waals surface area contributed by atoms with E-state index in [-0.39, 0.29) is 5.41 Å². The Morgan fingerprint density at radius 3 is 2.43 bits per heavy atom. The fourth-order valence-corrected chi connectivity index (χ4v) is 2.58. The Kier molecular flexibility index (Phi) is 5.51. The molecular formula is C16H25N5. The summed E-state index contributed by atoms with van der Waals surface area (Å²) in [6.07, 6.45) is 6.88. The van der Waals surface area contributed by atoms with Crippen LogP contribution in [0, 0.1) is 16.7 Å². The van der Waals surface area contributed by atoms with Crippen molar-refractivity contribution in [3.8, 4) is 6.07 Å². The van der Waals surface area contributed by atoms with Crippen molar-refractivity contribution in [1.82, 2.24) is 14.9 Å². The number of rotatable bonds is 6. The molecule has 0 amide bonds. The first-order chi connectivity index (χ1) is 10.1. The van der Waals surface area contributed by atoms with Gasteiger partial charge in [-0.05, 0) is 39.3 Å². The monoisotopic (exact) mass is 287 g/mol. The summed E-state index contributed by atoms with van der Waals surface area (Å²) in [7, 11) is 0. The minimum Gasteiger partial charge on any atom is -0.338 e. The second-order valence-electron chi connectivity index (χ2n) is 6.33. The van der Waals surface area contributed by atoms with Gasteiger partial charge in [0.25, 0.3) is 0 Å². The Bertz CT molecular complexity index is 457. The largest absolute Gasteiger partial charge is 0.338 e. The molecular weight excluding hydrogens is 262 g/mol. The molecule has 0 N–H and O–H groups in total. The van der Waals surface area contributed by atoms with Gasteiger partial charge in [0.1, 0.15) is 0 Å². The highest BCUT2D eigenvalue weighted by atomic mass is 15.3. The van der Waals surface area contributed by atoms with Crippen molar-refractivity contribution in [1.29, 1.82) is 5.26 Å². The van der Waals surface area contributed by atoms with Gasteiger partial charge in [0.2, 0.25) is 5.95 Å². The lowest BCUT2D eigenvalue weighted by Crippen LogP contribution is -2.47. The van der Waals surface area contributed by atoms with Crippen LogP contribution in [0.15, 0.2) is 18.5 Å². The van der Waals surface area contributed by atoms with Gasteiger partial charge in [-0.25, -0.2) is 9.97 Å². The van der Waals surface area contributed by atoms with Crippen LogP contribution in [0.4, 0.5) is 5.95 Å². The van der Waals surface area contributed by atoms with Crippen molar-refractivity contribution in [3.05, 3.63) is 18.5 Å². The van der Waals surface area contributed by atoms with Gasteiger partial charge in [0.15, 0.2) is 0 Å². The summed E-state index contributed by atoms with van der Waals surface area (Å²) in [5.41, 5.74) is -0.177. The lowest BCUT2D eigenvalue weighted by molar-refractivity contribution is 0.247. The third-order valence-corrected chi connectivity index (χ3v) is 4.04. The maximum atomic E-state index is 9.00. The van der Waals surface area contributed by atoms with Crippen LogP contribution in [0.1, 0.15) is 33.1 Å². The molecule has 1 aliphatic rings. The van der Waals surface area contributed by atoms with E-state index >= 15 is 0 Å². The van der Waals surface area contributed by atoms with E-state index in [0.717, 1.165) is 51.5 Å². The molecule has 114 valence electrons. The standard InChI is InChI=1S/C16H25N5/c1-16(2,14-17)6-3-4-9-20-10-12-21(13-11-20)15-18-7-5-8-19-15/h5,7-8H,3-4,6,9-13H2,1-2H3. The van der Waals surface area contributed by atoms with Crippen molar-refractivity contribution >= 4 is 5.95 Å². The minimum atomic E-state index is -0.177. The summed E-state index contributed by atoms with van der Waals surface area (Å²) in [6, 6.07) is 4.22. The van der Waals surface area contributed by atoms with Gasteiger partial charge in [0.05, 0.1) is 11.5 Å². The Balaban J connectivity index is 1.65. The van der Waals surface area contributed by atoms with Crippen molar-refractivity contribution in [2.24, 2.45) is 5.41 Å². The highest BCUT2D eigenvalue weighted by Gasteiger charge is 2.19. The highest BCUT2D eigenvalue weighted by molar-refractivity contribution is 5.29. The summed E-state index contributed by atoms with van der Waals surface area (Å²) >= 11 is 0. The zero-order valence-corrected chi connectivity index (χ0v) is 13.1. The van der Waals surface area contributed by atoms with E-state index in [1.165, 1.54) is 6.42 Å². The molecule has 1 aliphatic heterocycles. The normalized spacial score (nSPS) is 16.7. The molecule has 2 rings (SSSR count). The maximum Gasteiger partial charge on any atom is 0.225 e. The Morgan fingerprint density at radius 1 is 1.14 bits per heavy atom. The third kappa shape index (κ3) is 4.98. The van der Waals surface area contributed by atoms with Gasteiger partial charge in [-0.1, -0.05) is 6.42 Å². The molecule has 0 radical (unpaired) electrons. The van der Waals surface area contributed by atoms with Gasteiger partial charge in [-0.2, -0.15) is 5.26 Å². The van der Waals surface area contributed by atoms with Crippen LogP contribution in [0.5, 0.6) is 0 Å². The van der Waals surface area contributed by atoms with E-state index < -0.39 is 0 Å². The highest BCUT2D eigenvalue weighted by Crippen LogP contribution is 2.21. The zero-order chi connectivity index (χ0) is 15.1. The van der Waals surface area contributed by atoms with E-state index in [2.05, 4.69) is 25.8 Å². The molecule has 1 saturated heterocycles. The predicted molar refractivity (Wildman–Crippen MR) is 83.9 cm³/mol. The van der Waals surface area contributed by atoms with Crippen molar-refractivity contribution in [3.63, 3.8) is 0 Å². The number of hydrogen-bond donors (Lipinski definition) is 0. The average molecular weight is 287 g/mol. The van der Waals surface area contributed by atoms with Crippen LogP contribution in [0.2, 0.25) is 0 Å². The summed E-state index contributed by atoms with van der Waals surface area (Å²) < 4.78 is 0. The first-order valence-electron chi connectivity index (χ1n) is 7.76. The van der Waals surface area contributed by atoms with E-state index in [1.54, 1.807) is 12.4 Å². The molecule has 1 fully saturated rings. The first kappa shape index (κ1) is 15.7. The average Bonchev–Trinajstić information content (AvgIpc) is 2.53. The van der Waals surface area contributed by atoms with Gasteiger partial charge in [0, 0.05) is 38.6 Å². The molecule has 1 aromatic rings. The van der Waals surface area contributed by atoms with Crippen LogP contribution in [0.3, 0.4) is 0 Å². The van der Waals surface area contributed by atoms with E-state index in [1.807, 2.05) is 19.9 Å².